The van der Waals surface area contributed by atoms with E-state index in [9.17, 15) is 4.79 Å². The molecule has 2 N–H and O–H groups in total. The Bertz CT molecular complexity index is 286. The van der Waals surface area contributed by atoms with Crippen molar-refractivity contribution in [2.45, 2.75) is 52.3 Å². The predicted molar refractivity (Wildman–Crippen MR) is 72.5 cm³/mol. The van der Waals surface area contributed by atoms with E-state index in [1.807, 2.05) is 27.7 Å². The second-order valence-corrected chi connectivity index (χ2v) is 6.25. The van der Waals surface area contributed by atoms with Gasteiger partial charge in [-0.05, 0) is 34.6 Å². The molecule has 0 saturated carbocycles. The van der Waals surface area contributed by atoms with Gasteiger partial charge in [0, 0.05) is 38.3 Å². The van der Waals surface area contributed by atoms with Crippen LogP contribution < -0.4 is 5.73 Å². The third-order valence-electron chi connectivity index (χ3n) is 2.94. The molecule has 0 aromatic heterocycles. The number of rotatable bonds is 2. The lowest BCUT2D eigenvalue weighted by molar-refractivity contribution is 0.00533. The van der Waals surface area contributed by atoms with Gasteiger partial charge < -0.3 is 15.4 Å². The van der Waals surface area contributed by atoms with Gasteiger partial charge in [0.1, 0.15) is 5.60 Å². The van der Waals surface area contributed by atoms with Crippen LogP contribution >= 0.6 is 0 Å². The number of nitrogens with zero attached hydrogens (tertiary/aromatic N) is 2. The molecule has 1 saturated heterocycles. The van der Waals surface area contributed by atoms with Crippen LogP contribution in [0.5, 0.6) is 0 Å². The molecule has 1 fully saturated rings. The summed E-state index contributed by atoms with van der Waals surface area (Å²) in [6.07, 6.45) is -0.213. The number of carbonyl (C=O) groups is 1. The highest BCUT2D eigenvalue weighted by Gasteiger charge is 2.29. The predicted octanol–water partition coefficient (Wildman–Crippen LogP) is 1.27. The Balaban J connectivity index is 2.48. The second-order valence-electron chi connectivity index (χ2n) is 6.25. The average Bonchev–Trinajstić information content (AvgIpc) is 2.17. The average molecular weight is 257 g/mol. The molecular weight excluding hydrogens is 230 g/mol. The van der Waals surface area contributed by atoms with Crippen LogP contribution in [0.3, 0.4) is 0 Å². The molecule has 18 heavy (non-hydrogen) atoms. The number of hydrogen-bond donors (Lipinski definition) is 1. The van der Waals surface area contributed by atoms with Crippen LogP contribution in [0.15, 0.2) is 0 Å². The first-order valence-electron chi connectivity index (χ1n) is 6.66. The molecule has 0 bridgehead atoms. The summed E-state index contributed by atoms with van der Waals surface area (Å²) in [4.78, 5) is 16.1. The molecule has 5 heteroatoms. The number of piperazine rings is 1. The summed E-state index contributed by atoms with van der Waals surface area (Å²) in [5.74, 6) is 0. The van der Waals surface area contributed by atoms with Gasteiger partial charge in [0.2, 0.25) is 0 Å². The lowest BCUT2D eigenvalue weighted by Gasteiger charge is -2.40. The van der Waals surface area contributed by atoms with E-state index in [0.717, 1.165) is 13.1 Å². The Morgan fingerprint density at radius 3 is 2.50 bits per heavy atom. The van der Waals surface area contributed by atoms with Crippen LogP contribution in [0.2, 0.25) is 0 Å². The maximum atomic E-state index is 11.9. The third kappa shape index (κ3) is 4.82. The molecule has 1 amide bonds. The van der Waals surface area contributed by atoms with Crippen LogP contribution in [0.4, 0.5) is 4.79 Å². The molecule has 1 heterocycles. The minimum atomic E-state index is -0.427. The van der Waals surface area contributed by atoms with Gasteiger partial charge in [0.05, 0.1) is 0 Å². The van der Waals surface area contributed by atoms with Crippen molar-refractivity contribution in [2.24, 2.45) is 5.73 Å². The fourth-order valence-electron chi connectivity index (χ4n) is 2.13. The van der Waals surface area contributed by atoms with E-state index < -0.39 is 5.60 Å². The van der Waals surface area contributed by atoms with Gasteiger partial charge in [-0.15, -0.1) is 0 Å². The highest BCUT2D eigenvalue weighted by atomic mass is 16.6. The molecule has 0 spiro atoms. The van der Waals surface area contributed by atoms with Crippen molar-refractivity contribution < 1.29 is 9.53 Å². The Kier molecular flexibility index (Phi) is 4.99. The standard InChI is InChI=1S/C13H27N3O2/c1-10(14)8-15-6-7-16(9-11(15)2)12(17)18-13(3,4)5/h10-11H,6-9,14H2,1-5H3/t10?,11-/m0/s1. The molecule has 0 radical (unpaired) electrons. The van der Waals surface area contributed by atoms with E-state index in [1.165, 1.54) is 0 Å². The Morgan fingerprint density at radius 1 is 1.44 bits per heavy atom. The van der Waals surface area contributed by atoms with Gasteiger partial charge in [0.15, 0.2) is 0 Å². The molecule has 0 aromatic rings. The maximum absolute atomic E-state index is 11.9. The van der Waals surface area contributed by atoms with E-state index in [0.29, 0.717) is 19.1 Å². The minimum Gasteiger partial charge on any atom is -0.444 e. The van der Waals surface area contributed by atoms with Crippen molar-refractivity contribution in [1.82, 2.24) is 9.80 Å². The monoisotopic (exact) mass is 257 g/mol. The fraction of sp³-hybridized carbons (Fsp3) is 0.923. The zero-order valence-corrected chi connectivity index (χ0v) is 12.3. The van der Waals surface area contributed by atoms with Crippen LogP contribution in [-0.4, -0.2) is 59.8 Å². The van der Waals surface area contributed by atoms with Crippen molar-refractivity contribution >= 4 is 6.09 Å². The summed E-state index contributed by atoms with van der Waals surface area (Å²) >= 11 is 0. The number of nitrogens with two attached hydrogens (primary N) is 1. The summed E-state index contributed by atoms with van der Waals surface area (Å²) in [6.45, 7) is 13.0. The van der Waals surface area contributed by atoms with E-state index in [-0.39, 0.29) is 12.1 Å². The molecule has 0 aromatic carbocycles. The lowest BCUT2D eigenvalue weighted by Crippen LogP contribution is -2.56. The van der Waals surface area contributed by atoms with E-state index in [4.69, 9.17) is 10.5 Å². The first-order chi connectivity index (χ1) is 8.19. The second kappa shape index (κ2) is 5.89. The third-order valence-corrected chi connectivity index (χ3v) is 2.94. The number of hydrogen-bond acceptors (Lipinski definition) is 4. The van der Waals surface area contributed by atoms with E-state index >= 15 is 0 Å². The fourth-order valence-corrected chi connectivity index (χ4v) is 2.13. The molecular formula is C13H27N3O2. The zero-order chi connectivity index (χ0) is 13.9. The quantitative estimate of drug-likeness (QED) is 0.809. The summed E-state index contributed by atoms with van der Waals surface area (Å²) in [5, 5.41) is 0. The van der Waals surface area contributed by atoms with Crippen molar-refractivity contribution in [3.63, 3.8) is 0 Å². The SMILES string of the molecule is CC(N)CN1CCN(C(=O)OC(C)(C)C)C[C@@H]1C. The van der Waals surface area contributed by atoms with Crippen LogP contribution in [0, 0.1) is 0 Å². The summed E-state index contributed by atoms with van der Waals surface area (Å²) in [6, 6.07) is 0.498. The van der Waals surface area contributed by atoms with Crippen molar-refractivity contribution in [2.75, 3.05) is 26.2 Å². The highest BCUT2D eigenvalue weighted by molar-refractivity contribution is 5.68. The summed E-state index contributed by atoms with van der Waals surface area (Å²) < 4.78 is 5.39. The van der Waals surface area contributed by atoms with Crippen LogP contribution in [0.25, 0.3) is 0 Å². The summed E-state index contributed by atoms with van der Waals surface area (Å²) in [7, 11) is 0. The zero-order valence-electron chi connectivity index (χ0n) is 12.3. The number of ether oxygens (including phenoxy) is 1. The lowest BCUT2D eigenvalue weighted by atomic mass is 10.1. The summed E-state index contributed by atoms with van der Waals surface area (Å²) in [5.41, 5.74) is 5.39. The minimum absolute atomic E-state index is 0.167. The first-order valence-corrected chi connectivity index (χ1v) is 6.66. The Hall–Kier alpha value is -0.810. The normalized spacial score (nSPS) is 23.9. The number of amides is 1. The topological polar surface area (TPSA) is 58.8 Å². The number of carbonyl (C=O) groups excluding carboxylic acids is 1. The largest absolute Gasteiger partial charge is 0.444 e. The molecule has 0 aliphatic carbocycles. The van der Waals surface area contributed by atoms with E-state index in [2.05, 4.69) is 11.8 Å². The van der Waals surface area contributed by atoms with Gasteiger partial charge in [-0.1, -0.05) is 0 Å². The molecule has 2 atom stereocenters. The van der Waals surface area contributed by atoms with Crippen LogP contribution in [-0.2, 0) is 4.74 Å². The van der Waals surface area contributed by atoms with Gasteiger partial charge in [-0.25, -0.2) is 4.79 Å². The van der Waals surface area contributed by atoms with Crippen LogP contribution in [0.1, 0.15) is 34.6 Å². The van der Waals surface area contributed by atoms with Crippen molar-refractivity contribution in [3.8, 4) is 0 Å². The van der Waals surface area contributed by atoms with Gasteiger partial charge >= 0.3 is 6.09 Å². The smallest absolute Gasteiger partial charge is 0.410 e. The van der Waals surface area contributed by atoms with Crippen molar-refractivity contribution in [3.05, 3.63) is 0 Å². The molecule has 106 valence electrons. The first kappa shape index (κ1) is 15.2. The molecule has 5 nitrogen and oxygen atoms in total. The highest BCUT2D eigenvalue weighted by Crippen LogP contribution is 2.14. The Morgan fingerprint density at radius 2 is 2.06 bits per heavy atom. The van der Waals surface area contributed by atoms with Crippen molar-refractivity contribution in [1.29, 1.82) is 0 Å². The van der Waals surface area contributed by atoms with E-state index in [1.54, 1.807) is 4.90 Å². The molecule has 1 aliphatic heterocycles. The van der Waals surface area contributed by atoms with Gasteiger partial charge in [-0.2, -0.15) is 0 Å². The molecule has 1 unspecified atom stereocenters. The van der Waals surface area contributed by atoms with Gasteiger partial charge in [-0.3, -0.25) is 4.90 Å². The maximum Gasteiger partial charge on any atom is 0.410 e. The molecule has 1 rings (SSSR count). The molecule has 1 aliphatic rings. The van der Waals surface area contributed by atoms with Gasteiger partial charge in [0.25, 0.3) is 0 Å². The Labute approximate surface area is 110 Å².